The summed E-state index contributed by atoms with van der Waals surface area (Å²) in [6.07, 6.45) is 16.0. The molecule has 0 aliphatic heterocycles. The lowest BCUT2D eigenvalue weighted by Crippen LogP contribution is -1.74. The fraction of sp³-hybridized carbons (Fsp3) is 0.231. The van der Waals surface area contributed by atoms with Crippen LogP contribution in [0.25, 0.3) is 0 Å². The maximum atomic E-state index is 3.93. The van der Waals surface area contributed by atoms with E-state index in [2.05, 4.69) is 56.2 Å². The van der Waals surface area contributed by atoms with Crippen molar-refractivity contribution in [1.82, 2.24) is 0 Å². The first-order chi connectivity index (χ1) is 6.39. The number of hydrogen-bond acceptors (Lipinski definition) is 0. The van der Waals surface area contributed by atoms with Gasteiger partial charge in [-0.2, -0.15) is 0 Å². The number of hydrogen-bond donors (Lipinski definition) is 0. The zero-order chi connectivity index (χ0) is 9.94. The van der Waals surface area contributed by atoms with E-state index in [0.717, 1.165) is 19.3 Å². The van der Waals surface area contributed by atoms with Gasteiger partial charge < -0.3 is 0 Å². The van der Waals surface area contributed by atoms with Crippen molar-refractivity contribution in [3.63, 3.8) is 0 Å². The molecule has 0 heteroatoms. The first kappa shape index (κ1) is 11.7. The molecule has 0 unspecified atom stereocenters. The molecule has 1 aliphatic rings. The summed E-state index contributed by atoms with van der Waals surface area (Å²) in [6, 6.07) is 0. The van der Waals surface area contributed by atoms with Crippen LogP contribution >= 0.6 is 0 Å². The summed E-state index contributed by atoms with van der Waals surface area (Å²) in [4.78, 5) is 0. The minimum absolute atomic E-state index is 0.973. The van der Waals surface area contributed by atoms with Crippen LogP contribution in [0, 0.1) is 0 Å². The van der Waals surface area contributed by atoms with Crippen LogP contribution < -0.4 is 0 Å². The van der Waals surface area contributed by atoms with Crippen molar-refractivity contribution >= 4 is 0 Å². The molecule has 0 aromatic heterocycles. The highest BCUT2D eigenvalue weighted by Gasteiger charge is 1.84. The standard InChI is InChI=1S/C11H14.C2H4/c1-11-9-7-5-3-2-4-6-8-10-11;1-2/h2-3,5,7-8,10H,1,4,6,9H2;1-2H2/b3-2-,7-5-,10-8-;. The zero-order valence-corrected chi connectivity index (χ0v) is 8.21. The van der Waals surface area contributed by atoms with Crippen molar-refractivity contribution in [3.8, 4) is 0 Å². The van der Waals surface area contributed by atoms with E-state index >= 15 is 0 Å². The average Bonchev–Trinajstić information content (AvgIpc) is 2.19. The monoisotopic (exact) mass is 174 g/mol. The lowest BCUT2D eigenvalue weighted by molar-refractivity contribution is 1.05. The fourth-order valence-corrected chi connectivity index (χ4v) is 0.983. The second kappa shape index (κ2) is 8.79. The third-order valence-corrected chi connectivity index (χ3v) is 1.62. The molecule has 13 heavy (non-hydrogen) atoms. The summed E-state index contributed by atoms with van der Waals surface area (Å²) in [5.41, 5.74) is 1.19. The maximum Gasteiger partial charge on any atom is -0.0100 e. The molecule has 0 spiro atoms. The van der Waals surface area contributed by atoms with E-state index in [9.17, 15) is 0 Å². The third kappa shape index (κ3) is 7.07. The van der Waals surface area contributed by atoms with Crippen molar-refractivity contribution < 1.29 is 0 Å². The molecule has 0 nitrogen and oxygen atoms in total. The molecule has 0 aromatic carbocycles. The summed E-state index contributed by atoms with van der Waals surface area (Å²) < 4.78 is 0. The molecule has 0 fully saturated rings. The lowest BCUT2D eigenvalue weighted by Gasteiger charge is -1.94. The van der Waals surface area contributed by atoms with E-state index in [1.54, 1.807) is 0 Å². The Bertz CT molecular complexity index is 216. The van der Waals surface area contributed by atoms with Crippen LogP contribution in [0.4, 0.5) is 0 Å². The molecular formula is C13H18. The van der Waals surface area contributed by atoms with Crippen LogP contribution in [0.3, 0.4) is 0 Å². The summed E-state index contributed by atoms with van der Waals surface area (Å²) in [5, 5.41) is 0. The predicted octanol–water partition coefficient (Wildman–Crippen LogP) is 4.20. The van der Waals surface area contributed by atoms with Crippen LogP contribution in [0.1, 0.15) is 19.3 Å². The normalized spacial score (nSPS) is 23.5. The minimum atomic E-state index is 0.973. The number of allylic oxidation sites excluding steroid dienone is 7. The molecule has 0 atom stereocenters. The van der Waals surface area contributed by atoms with Gasteiger partial charge in [0.25, 0.3) is 0 Å². The Kier molecular flexibility index (Phi) is 7.91. The Labute approximate surface area is 81.7 Å². The molecule has 1 rings (SSSR count). The van der Waals surface area contributed by atoms with Crippen LogP contribution in [0.2, 0.25) is 0 Å². The average molecular weight is 174 g/mol. The van der Waals surface area contributed by atoms with Gasteiger partial charge in [0.2, 0.25) is 0 Å². The largest absolute Gasteiger partial charge is 0.106 e. The zero-order valence-electron chi connectivity index (χ0n) is 8.21. The van der Waals surface area contributed by atoms with Gasteiger partial charge in [-0.25, -0.2) is 0 Å². The van der Waals surface area contributed by atoms with E-state index in [1.807, 2.05) is 0 Å². The van der Waals surface area contributed by atoms with Crippen LogP contribution in [-0.4, -0.2) is 0 Å². The van der Waals surface area contributed by atoms with Gasteiger partial charge >= 0.3 is 0 Å². The Hall–Kier alpha value is -1.30. The molecule has 0 aromatic rings. The van der Waals surface area contributed by atoms with Crippen molar-refractivity contribution in [3.05, 3.63) is 61.8 Å². The van der Waals surface area contributed by atoms with Crippen molar-refractivity contribution in [2.45, 2.75) is 19.3 Å². The van der Waals surface area contributed by atoms with Gasteiger partial charge in [-0.1, -0.05) is 48.6 Å². The molecule has 70 valence electrons. The Morgan fingerprint density at radius 1 is 0.923 bits per heavy atom. The van der Waals surface area contributed by atoms with Crippen molar-refractivity contribution in [1.29, 1.82) is 0 Å². The third-order valence-electron chi connectivity index (χ3n) is 1.62. The molecule has 0 heterocycles. The fourth-order valence-electron chi connectivity index (χ4n) is 0.983. The first-order valence-corrected chi connectivity index (χ1v) is 4.55. The molecule has 1 aliphatic carbocycles. The Morgan fingerprint density at radius 3 is 2.31 bits per heavy atom. The van der Waals surface area contributed by atoms with Crippen LogP contribution in [-0.2, 0) is 0 Å². The second-order valence-electron chi connectivity index (χ2n) is 2.70. The van der Waals surface area contributed by atoms with Gasteiger partial charge in [-0.15, -0.1) is 13.2 Å². The van der Waals surface area contributed by atoms with Crippen molar-refractivity contribution in [2.24, 2.45) is 0 Å². The van der Waals surface area contributed by atoms with Gasteiger partial charge in [0.1, 0.15) is 0 Å². The Morgan fingerprint density at radius 2 is 1.54 bits per heavy atom. The first-order valence-electron chi connectivity index (χ1n) is 4.55. The van der Waals surface area contributed by atoms with Gasteiger partial charge in [0.15, 0.2) is 0 Å². The molecule has 0 radical (unpaired) electrons. The maximum absolute atomic E-state index is 3.93. The Balaban J connectivity index is 0.000000671. The van der Waals surface area contributed by atoms with Gasteiger partial charge in [0.05, 0.1) is 0 Å². The van der Waals surface area contributed by atoms with E-state index in [1.165, 1.54) is 5.57 Å². The quantitative estimate of drug-likeness (QED) is 0.483. The van der Waals surface area contributed by atoms with E-state index in [0.29, 0.717) is 0 Å². The SMILES string of the molecule is C=C.C=C1/C=C\CC/C=C\C=C/C1. The highest BCUT2D eigenvalue weighted by Crippen LogP contribution is 2.05. The van der Waals surface area contributed by atoms with E-state index in [-0.39, 0.29) is 0 Å². The topological polar surface area (TPSA) is 0 Å². The lowest BCUT2D eigenvalue weighted by atomic mass is 10.1. The van der Waals surface area contributed by atoms with Gasteiger partial charge in [0, 0.05) is 0 Å². The highest BCUT2D eigenvalue weighted by molar-refractivity contribution is 5.20. The van der Waals surface area contributed by atoms with Crippen LogP contribution in [0.15, 0.2) is 61.8 Å². The molecule has 0 saturated carbocycles. The van der Waals surface area contributed by atoms with Crippen molar-refractivity contribution in [2.75, 3.05) is 0 Å². The molecule has 0 N–H and O–H groups in total. The number of rotatable bonds is 0. The van der Waals surface area contributed by atoms with Gasteiger partial charge in [-0.3, -0.25) is 0 Å². The van der Waals surface area contributed by atoms with E-state index in [4.69, 9.17) is 0 Å². The minimum Gasteiger partial charge on any atom is -0.106 e. The molecule has 0 amide bonds. The summed E-state index contributed by atoms with van der Waals surface area (Å²) in [7, 11) is 0. The summed E-state index contributed by atoms with van der Waals surface area (Å²) in [5.74, 6) is 0. The summed E-state index contributed by atoms with van der Waals surface area (Å²) in [6.45, 7) is 9.93. The van der Waals surface area contributed by atoms with Crippen LogP contribution in [0.5, 0.6) is 0 Å². The summed E-state index contributed by atoms with van der Waals surface area (Å²) >= 11 is 0. The van der Waals surface area contributed by atoms with Gasteiger partial charge in [-0.05, 0) is 19.3 Å². The molecule has 0 saturated heterocycles. The smallest absolute Gasteiger partial charge is 0.0100 e. The molecule has 0 bridgehead atoms. The molecular weight excluding hydrogens is 156 g/mol. The highest BCUT2D eigenvalue weighted by atomic mass is 13.9. The van der Waals surface area contributed by atoms with E-state index < -0.39 is 0 Å². The predicted molar refractivity (Wildman–Crippen MR) is 61.7 cm³/mol. The second-order valence-corrected chi connectivity index (χ2v) is 2.70.